The molecule has 0 aliphatic heterocycles. The van der Waals surface area contributed by atoms with Crippen LogP contribution in [0.1, 0.15) is 18.4 Å². The van der Waals surface area contributed by atoms with Crippen LogP contribution in [0.4, 0.5) is 5.69 Å². The molecule has 0 spiro atoms. The molecular weight excluding hydrogens is 268 g/mol. The monoisotopic (exact) mass is 284 g/mol. The largest absolute Gasteiger partial charge is 0.393 e. The predicted molar refractivity (Wildman–Crippen MR) is 79.3 cm³/mol. The highest BCUT2D eigenvalue weighted by Crippen LogP contribution is 2.32. The molecule has 1 saturated carbocycles. The SMILES string of the molecule is CN(CC1CC(O)C1)c1cccc(Cl)c1C(N)=S. The van der Waals surface area contributed by atoms with E-state index in [1.165, 1.54) is 0 Å². The van der Waals surface area contributed by atoms with Crippen LogP contribution in [0.5, 0.6) is 0 Å². The van der Waals surface area contributed by atoms with Gasteiger partial charge in [-0.2, -0.15) is 0 Å². The zero-order valence-corrected chi connectivity index (χ0v) is 11.8. The molecule has 98 valence electrons. The molecule has 0 atom stereocenters. The van der Waals surface area contributed by atoms with Crippen LogP contribution in [0.15, 0.2) is 18.2 Å². The minimum atomic E-state index is -0.127. The number of hydrogen-bond acceptors (Lipinski definition) is 3. The van der Waals surface area contributed by atoms with Gasteiger partial charge in [0.15, 0.2) is 0 Å². The third-order valence-electron chi connectivity index (χ3n) is 3.39. The summed E-state index contributed by atoms with van der Waals surface area (Å²) in [6.45, 7) is 0.882. The predicted octanol–water partition coefficient (Wildman–Crippen LogP) is 2.18. The maximum absolute atomic E-state index is 9.31. The van der Waals surface area contributed by atoms with E-state index in [-0.39, 0.29) is 6.10 Å². The van der Waals surface area contributed by atoms with Gasteiger partial charge in [-0.25, -0.2) is 0 Å². The first-order valence-electron chi connectivity index (χ1n) is 5.96. The second-order valence-corrected chi connectivity index (χ2v) is 5.72. The Morgan fingerprint density at radius 3 is 2.78 bits per heavy atom. The van der Waals surface area contributed by atoms with Crippen LogP contribution >= 0.6 is 23.8 Å². The zero-order valence-electron chi connectivity index (χ0n) is 10.3. The number of benzene rings is 1. The number of aliphatic hydroxyl groups is 1. The summed E-state index contributed by atoms with van der Waals surface area (Å²) in [6.07, 6.45) is 1.61. The molecule has 0 heterocycles. The molecule has 1 aromatic carbocycles. The Labute approximate surface area is 118 Å². The summed E-state index contributed by atoms with van der Waals surface area (Å²) < 4.78 is 0. The van der Waals surface area contributed by atoms with Crippen molar-refractivity contribution >= 4 is 34.5 Å². The van der Waals surface area contributed by atoms with Gasteiger partial charge in [-0.05, 0) is 30.9 Å². The van der Waals surface area contributed by atoms with Crippen molar-refractivity contribution in [3.8, 4) is 0 Å². The molecule has 3 nitrogen and oxygen atoms in total. The molecule has 1 aliphatic rings. The molecule has 0 aromatic heterocycles. The normalized spacial score (nSPS) is 22.4. The zero-order chi connectivity index (χ0) is 13.3. The van der Waals surface area contributed by atoms with Crippen molar-refractivity contribution in [3.63, 3.8) is 0 Å². The van der Waals surface area contributed by atoms with E-state index in [4.69, 9.17) is 29.6 Å². The van der Waals surface area contributed by atoms with Crippen molar-refractivity contribution in [1.29, 1.82) is 0 Å². The highest BCUT2D eigenvalue weighted by molar-refractivity contribution is 7.80. The minimum absolute atomic E-state index is 0.127. The van der Waals surface area contributed by atoms with E-state index in [9.17, 15) is 5.11 Å². The molecule has 0 bridgehead atoms. The van der Waals surface area contributed by atoms with Crippen molar-refractivity contribution < 1.29 is 5.11 Å². The van der Waals surface area contributed by atoms with E-state index in [2.05, 4.69) is 4.90 Å². The second kappa shape index (κ2) is 5.43. The Kier molecular flexibility index (Phi) is 4.10. The molecule has 2 rings (SSSR count). The molecule has 5 heteroatoms. The fraction of sp³-hybridized carbons (Fsp3) is 0.462. The van der Waals surface area contributed by atoms with Gasteiger partial charge in [-0.3, -0.25) is 0 Å². The fourth-order valence-electron chi connectivity index (χ4n) is 2.41. The van der Waals surface area contributed by atoms with Gasteiger partial charge in [-0.15, -0.1) is 0 Å². The lowest BCUT2D eigenvalue weighted by molar-refractivity contribution is 0.0465. The average Bonchev–Trinajstić information content (AvgIpc) is 2.26. The van der Waals surface area contributed by atoms with Crippen LogP contribution < -0.4 is 10.6 Å². The van der Waals surface area contributed by atoms with Gasteiger partial charge in [0.05, 0.1) is 16.7 Å². The van der Waals surface area contributed by atoms with Gasteiger partial charge in [0, 0.05) is 19.3 Å². The lowest BCUT2D eigenvalue weighted by atomic mass is 9.82. The number of aliphatic hydroxyl groups excluding tert-OH is 1. The van der Waals surface area contributed by atoms with Crippen molar-refractivity contribution in [3.05, 3.63) is 28.8 Å². The maximum atomic E-state index is 9.31. The van der Waals surface area contributed by atoms with Crippen LogP contribution in [0.3, 0.4) is 0 Å². The van der Waals surface area contributed by atoms with E-state index in [1.54, 1.807) is 6.07 Å². The molecule has 0 amide bonds. The number of rotatable bonds is 4. The smallest absolute Gasteiger partial charge is 0.107 e. The Bertz CT molecular complexity index is 460. The summed E-state index contributed by atoms with van der Waals surface area (Å²) in [4.78, 5) is 2.42. The number of anilines is 1. The molecule has 0 unspecified atom stereocenters. The van der Waals surface area contributed by atoms with Crippen molar-refractivity contribution in [1.82, 2.24) is 0 Å². The number of thiocarbonyl (C=S) groups is 1. The standard InChI is InChI=1S/C13H17ClN2OS/c1-16(7-8-5-9(17)6-8)11-4-2-3-10(14)12(11)13(15)18/h2-4,8-9,17H,5-7H2,1H3,(H2,15,18). The fourth-order valence-corrected chi connectivity index (χ4v) is 2.95. The molecular formula is C13H17ClN2OS. The first-order valence-corrected chi connectivity index (χ1v) is 6.75. The molecule has 18 heavy (non-hydrogen) atoms. The quantitative estimate of drug-likeness (QED) is 0.832. The first kappa shape index (κ1) is 13.6. The Morgan fingerprint density at radius 2 is 2.22 bits per heavy atom. The number of nitrogens with zero attached hydrogens (tertiary/aromatic N) is 1. The van der Waals surface area contributed by atoms with Crippen LogP contribution in [0.2, 0.25) is 5.02 Å². The van der Waals surface area contributed by atoms with Gasteiger partial charge in [0.2, 0.25) is 0 Å². The highest BCUT2D eigenvalue weighted by Gasteiger charge is 2.28. The minimum Gasteiger partial charge on any atom is -0.393 e. The Morgan fingerprint density at radius 1 is 1.56 bits per heavy atom. The summed E-state index contributed by atoms with van der Waals surface area (Å²) in [5.74, 6) is 0.531. The topological polar surface area (TPSA) is 49.5 Å². The average molecular weight is 285 g/mol. The van der Waals surface area contributed by atoms with E-state index in [0.717, 1.165) is 30.6 Å². The summed E-state index contributed by atoms with van der Waals surface area (Å²) in [7, 11) is 2.00. The van der Waals surface area contributed by atoms with E-state index in [0.29, 0.717) is 15.9 Å². The molecule has 0 saturated heterocycles. The van der Waals surface area contributed by atoms with Crippen LogP contribution in [0, 0.1) is 5.92 Å². The lowest BCUT2D eigenvalue weighted by Gasteiger charge is -2.35. The summed E-state index contributed by atoms with van der Waals surface area (Å²) in [5.41, 5.74) is 7.42. The lowest BCUT2D eigenvalue weighted by Crippen LogP contribution is -2.37. The van der Waals surface area contributed by atoms with E-state index >= 15 is 0 Å². The molecule has 3 N–H and O–H groups in total. The second-order valence-electron chi connectivity index (χ2n) is 4.87. The van der Waals surface area contributed by atoms with Crippen molar-refractivity contribution in [2.75, 3.05) is 18.5 Å². The highest BCUT2D eigenvalue weighted by atomic mass is 35.5. The molecule has 1 fully saturated rings. The molecule has 1 aromatic rings. The third-order valence-corrected chi connectivity index (χ3v) is 3.91. The first-order chi connectivity index (χ1) is 8.49. The summed E-state index contributed by atoms with van der Waals surface area (Å²) >= 11 is 11.2. The third kappa shape index (κ3) is 2.76. The van der Waals surface area contributed by atoms with Crippen molar-refractivity contribution in [2.24, 2.45) is 11.7 Å². The van der Waals surface area contributed by atoms with Gasteiger partial charge in [0.25, 0.3) is 0 Å². The van der Waals surface area contributed by atoms with Crippen LogP contribution in [-0.2, 0) is 0 Å². The number of hydrogen-bond donors (Lipinski definition) is 2. The number of halogens is 1. The Balaban J connectivity index is 2.16. The van der Waals surface area contributed by atoms with Gasteiger partial charge in [-0.1, -0.05) is 29.9 Å². The number of nitrogens with two attached hydrogens (primary N) is 1. The molecule has 1 aliphatic carbocycles. The van der Waals surface area contributed by atoms with E-state index < -0.39 is 0 Å². The molecule has 0 radical (unpaired) electrons. The Hall–Kier alpha value is -0.840. The maximum Gasteiger partial charge on any atom is 0.107 e. The van der Waals surface area contributed by atoms with Gasteiger partial charge >= 0.3 is 0 Å². The summed E-state index contributed by atoms with van der Waals surface area (Å²) in [5, 5.41) is 9.89. The van der Waals surface area contributed by atoms with Crippen molar-refractivity contribution in [2.45, 2.75) is 18.9 Å². The van der Waals surface area contributed by atoms with E-state index in [1.807, 2.05) is 19.2 Å². The van der Waals surface area contributed by atoms with Gasteiger partial charge in [0.1, 0.15) is 4.99 Å². The van der Waals surface area contributed by atoms with Crippen LogP contribution in [-0.4, -0.2) is 29.8 Å². The summed E-state index contributed by atoms with van der Waals surface area (Å²) in [6, 6.07) is 5.65. The van der Waals surface area contributed by atoms with Crippen LogP contribution in [0.25, 0.3) is 0 Å². The van der Waals surface area contributed by atoms with Gasteiger partial charge < -0.3 is 15.7 Å².